The molecule has 10 heteroatoms. The zero-order valence-electron chi connectivity index (χ0n) is 17.2. The molecule has 0 saturated carbocycles. The van der Waals surface area contributed by atoms with Crippen molar-refractivity contribution < 1.29 is 23.9 Å². The fourth-order valence-electron chi connectivity index (χ4n) is 2.63. The summed E-state index contributed by atoms with van der Waals surface area (Å²) in [5, 5.41) is 6.54. The Bertz CT molecular complexity index is 1230. The highest BCUT2D eigenvalue weighted by atomic mass is 79.9. The van der Waals surface area contributed by atoms with E-state index in [0.29, 0.717) is 26.4 Å². The first kappa shape index (κ1) is 24.0. The average molecular weight is 531 g/mol. The van der Waals surface area contributed by atoms with Crippen LogP contribution in [0.3, 0.4) is 0 Å². The van der Waals surface area contributed by atoms with Crippen molar-refractivity contribution in [1.82, 2.24) is 5.43 Å². The number of carbonyl (C=O) groups excluding carboxylic acids is 3. The van der Waals surface area contributed by atoms with Crippen LogP contribution in [0.2, 0.25) is 5.02 Å². The van der Waals surface area contributed by atoms with Gasteiger partial charge < -0.3 is 14.8 Å². The Labute approximate surface area is 202 Å². The molecule has 0 spiro atoms. The second kappa shape index (κ2) is 11.3. The molecule has 0 atom stereocenters. The second-order valence-corrected chi connectivity index (χ2v) is 7.70. The number of para-hydroxylation sites is 1. The van der Waals surface area contributed by atoms with E-state index in [2.05, 4.69) is 31.8 Å². The number of halogens is 2. The van der Waals surface area contributed by atoms with E-state index in [4.69, 9.17) is 21.1 Å². The van der Waals surface area contributed by atoms with Gasteiger partial charge in [-0.3, -0.25) is 9.59 Å². The van der Waals surface area contributed by atoms with Gasteiger partial charge in [-0.25, -0.2) is 10.2 Å². The lowest BCUT2D eigenvalue weighted by atomic mass is 10.2. The van der Waals surface area contributed by atoms with E-state index < -0.39 is 17.8 Å². The summed E-state index contributed by atoms with van der Waals surface area (Å²) in [7, 11) is 1.42. The minimum atomic E-state index is -1.02. The number of hydrogen-bond donors (Lipinski definition) is 2. The number of ether oxygens (including phenoxy) is 2. The smallest absolute Gasteiger partial charge is 0.344 e. The fourth-order valence-corrected chi connectivity index (χ4v) is 3.25. The average Bonchev–Trinajstić information content (AvgIpc) is 2.80. The molecule has 0 bridgehead atoms. The quantitative estimate of drug-likeness (QED) is 0.161. The normalized spacial score (nSPS) is 10.5. The first-order valence-corrected chi connectivity index (χ1v) is 10.6. The largest absolute Gasteiger partial charge is 0.495 e. The molecule has 0 aliphatic carbocycles. The molecule has 3 aromatic rings. The van der Waals surface area contributed by atoms with Crippen LogP contribution in [0.4, 0.5) is 5.69 Å². The molecule has 33 heavy (non-hydrogen) atoms. The lowest BCUT2D eigenvalue weighted by Crippen LogP contribution is -2.32. The summed E-state index contributed by atoms with van der Waals surface area (Å²) in [4.78, 5) is 36.7. The Morgan fingerprint density at radius 2 is 1.70 bits per heavy atom. The van der Waals surface area contributed by atoms with E-state index in [1.54, 1.807) is 60.7 Å². The Balaban J connectivity index is 1.65. The summed E-state index contributed by atoms with van der Waals surface area (Å²) in [6, 6.07) is 18.0. The summed E-state index contributed by atoms with van der Waals surface area (Å²) in [6.45, 7) is 0. The number of nitrogens with zero attached hydrogens (tertiary/aromatic N) is 1. The third-order valence-electron chi connectivity index (χ3n) is 4.20. The van der Waals surface area contributed by atoms with Crippen molar-refractivity contribution in [2.45, 2.75) is 0 Å². The SMILES string of the molecule is COc1ccc(Cl)cc1NC(=O)C(=O)N/N=C/c1ccccc1OC(=O)c1ccccc1Br. The van der Waals surface area contributed by atoms with E-state index in [1.807, 2.05) is 0 Å². The highest BCUT2D eigenvalue weighted by Crippen LogP contribution is 2.27. The van der Waals surface area contributed by atoms with Crippen LogP contribution in [0, 0.1) is 0 Å². The van der Waals surface area contributed by atoms with Gasteiger partial charge in [0, 0.05) is 15.1 Å². The standard InChI is InChI=1S/C23H17BrClN3O5/c1-32-20-11-10-15(25)12-18(20)27-21(29)22(30)28-26-13-14-6-2-5-9-19(14)33-23(31)16-7-3-4-8-17(16)24/h2-13H,1H3,(H,27,29)(H,28,30)/b26-13+. The first-order chi connectivity index (χ1) is 15.9. The Morgan fingerprint density at radius 1 is 0.970 bits per heavy atom. The van der Waals surface area contributed by atoms with Crippen LogP contribution in [0.15, 0.2) is 76.3 Å². The lowest BCUT2D eigenvalue weighted by Gasteiger charge is -2.10. The van der Waals surface area contributed by atoms with Crippen molar-refractivity contribution in [3.63, 3.8) is 0 Å². The molecule has 2 amide bonds. The van der Waals surface area contributed by atoms with Crippen molar-refractivity contribution in [3.05, 3.63) is 87.4 Å². The fraction of sp³-hybridized carbons (Fsp3) is 0.0435. The maximum Gasteiger partial charge on any atom is 0.344 e. The topological polar surface area (TPSA) is 106 Å². The maximum atomic E-state index is 12.5. The molecule has 0 unspecified atom stereocenters. The zero-order valence-corrected chi connectivity index (χ0v) is 19.5. The van der Waals surface area contributed by atoms with Crippen molar-refractivity contribution in [2.24, 2.45) is 5.10 Å². The Hall–Kier alpha value is -3.69. The van der Waals surface area contributed by atoms with Gasteiger partial charge in [-0.2, -0.15) is 5.10 Å². The van der Waals surface area contributed by atoms with Gasteiger partial charge in [0.2, 0.25) is 0 Å². The van der Waals surface area contributed by atoms with Crippen molar-refractivity contribution in [1.29, 1.82) is 0 Å². The number of methoxy groups -OCH3 is 1. The van der Waals surface area contributed by atoms with Crippen LogP contribution in [-0.4, -0.2) is 31.1 Å². The van der Waals surface area contributed by atoms with Crippen molar-refractivity contribution >= 4 is 57.2 Å². The predicted molar refractivity (Wildman–Crippen MR) is 128 cm³/mol. The maximum absolute atomic E-state index is 12.5. The van der Waals surface area contributed by atoms with Gasteiger partial charge in [0.25, 0.3) is 0 Å². The summed E-state index contributed by atoms with van der Waals surface area (Å²) >= 11 is 9.23. The number of rotatable bonds is 6. The first-order valence-electron chi connectivity index (χ1n) is 9.42. The van der Waals surface area contributed by atoms with Crippen molar-refractivity contribution in [3.8, 4) is 11.5 Å². The monoisotopic (exact) mass is 529 g/mol. The third kappa shape index (κ3) is 6.41. The predicted octanol–water partition coefficient (Wildman–Crippen LogP) is 4.42. The van der Waals surface area contributed by atoms with Crippen LogP contribution in [-0.2, 0) is 9.59 Å². The van der Waals surface area contributed by atoms with Gasteiger partial charge in [0.15, 0.2) is 0 Å². The van der Waals surface area contributed by atoms with Gasteiger partial charge in [0.05, 0.1) is 24.6 Å². The summed E-state index contributed by atoms with van der Waals surface area (Å²) in [5.74, 6) is -1.99. The van der Waals surface area contributed by atoms with E-state index in [0.717, 1.165) is 0 Å². The van der Waals surface area contributed by atoms with E-state index in [-0.39, 0.29) is 11.4 Å². The number of anilines is 1. The molecule has 3 rings (SSSR count). The molecule has 2 N–H and O–H groups in total. The van der Waals surface area contributed by atoms with Crippen molar-refractivity contribution in [2.75, 3.05) is 12.4 Å². The molecule has 0 aliphatic rings. The number of amides is 2. The molecular weight excluding hydrogens is 514 g/mol. The number of benzene rings is 3. The molecule has 0 aliphatic heterocycles. The van der Waals surface area contributed by atoms with E-state index >= 15 is 0 Å². The van der Waals surface area contributed by atoms with Gasteiger partial charge in [-0.15, -0.1) is 0 Å². The van der Waals surface area contributed by atoms with Crippen LogP contribution in [0.5, 0.6) is 11.5 Å². The van der Waals surface area contributed by atoms with Gasteiger partial charge in [-0.05, 0) is 58.4 Å². The zero-order chi connectivity index (χ0) is 23.8. The molecule has 168 valence electrons. The van der Waals surface area contributed by atoms with Crippen LogP contribution in [0.25, 0.3) is 0 Å². The van der Waals surface area contributed by atoms with Gasteiger partial charge in [0.1, 0.15) is 11.5 Å². The summed E-state index contributed by atoms with van der Waals surface area (Å²) < 4.78 is 11.2. The number of nitrogens with one attached hydrogen (secondary N) is 2. The Morgan fingerprint density at radius 3 is 2.45 bits per heavy atom. The minimum Gasteiger partial charge on any atom is -0.495 e. The molecule has 3 aromatic carbocycles. The highest BCUT2D eigenvalue weighted by Gasteiger charge is 2.16. The lowest BCUT2D eigenvalue weighted by molar-refractivity contribution is -0.136. The number of hydrazone groups is 1. The van der Waals surface area contributed by atoms with Gasteiger partial charge >= 0.3 is 17.8 Å². The molecule has 0 saturated heterocycles. The summed E-state index contributed by atoms with van der Waals surface area (Å²) in [5.41, 5.74) is 3.12. The number of hydrogen-bond acceptors (Lipinski definition) is 6. The Kier molecular flexibility index (Phi) is 8.17. The molecule has 0 aromatic heterocycles. The van der Waals surface area contributed by atoms with Crippen LogP contribution in [0.1, 0.15) is 15.9 Å². The van der Waals surface area contributed by atoms with E-state index in [1.165, 1.54) is 19.4 Å². The van der Waals surface area contributed by atoms with E-state index in [9.17, 15) is 14.4 Å². The second-order valence-electron chi connectivity index (χ2n) is 6.41. The molecule has 0 radical (unpaired) electrons. The summed E-state index contributed by atoms with van der Waals surface area (Å²) in [6.07, 6.45) is 1.26. The number of esters is 1. The molecule has 8 nitrogen and oxygen atoms in total. The third-order valence-corrected chi connectivity index (χ3v) is 5.13. The van der Waals surface area contributed by atoms with Crippen LogP contribution < -0.4 is 20.2 Å². The molecule has 0 heterocycles. The molecular formula is C23H17BrClN3O5. The number of carbonyl (C=O) groups is 3. The molecule has 0 fully saturated rings. The highest BCUT2D eigenvalue weighted by molar-refractivity contribution is 9.10. The van der Waals surface area contributed by atoms with Gasteiger partial charge in [-0.1, -0.05) is 35.9 Å². The van der Waals surface area contributed by atoms with Crippen LogP contribution >= 0.6 is 27.5 Å². The minimum absolute atomic E-state index is 0.226.